The molecule has 80 valence electrons. The number of hydrogen-bond acceptors (Lipinski definition) is 6. The molecule has 0 aliphatic heterocycles. The number of nitrogens with zero attached hydrogens (tertiary/aromatic N) is 2. The fourth-order valence-corrected chi connectivity index (χ4v) is 2.66. The van der Waals surface area contributed by atoms with Crippen molar-refractivity contribution >= 4 is 32.8 Å². The van der Waals surface area contributed by atoms with Gasteiger partial charge in [-0.25, -0.2) is 9.97 Å². The van der Waals surface area contributed by atoms with Crippen LogP contribution in [0.25, 0.3) is 0 Å². The van der Waals surface area contributed by atoms with E-state index in [1.165, 1.54) is 11.3 Å². The van der Waals surface area contributed by atoms with Crippen molar-refractivity contribution in [1.82, 2.24) is 9.97 Å². The molecule has 15 heavy (non-hydrogen) atoms. The summed E-state index contributed by atoms with van der Waals surface area (Å²) in [5.41, 5.74) is 5.62. The van der Waals surface area contributed by atoms with E-state index in [0.717, 1.165) is 21.6 Å². The van der Waals surface area contributed by atoms with Gasteiger partial charge in [-0.2, -0.15) is 0 Å². The Balaban J connectivity index is 2.09. The molecule has 0 bridgehead atoms. The summed E-state index contributed by atoms with van der Waals surface area (Å²) >= 11 is 3.11. The Labute approximate surface area is 96.2 Å². The monoisotopic (exact) mass is 240 g/mol. The zero-order chi connectivity index (χ0) is 10.7. The molecular weight excluding hydrogens is 228 g/mol. The topological polar surface area (TPSA) is 63.8 Å². The van der Waals surface area contributed by atoms with Crippen LogP contribution in [0.1, 0.15) is 24.4 Å². The van der Waals surface area contributed by atoms with Gasteiger partial charge in [0.25, 0.3) is 0 Å². The van der Waals surface area contributed by atoms with E-state index in [1.54, 1.807) is 17.5 Å². The molecule has 2 aromatic rings. The van der Waals surface area contributed by atoms with Gasteiger partial charge in [-0.1, -0.05) is 18.3 Å². The number of nitrogen functional groups attached to an aromatic ring is 1. The number of rotatable bonds is 4. The second-order valence-electron chi connectivity index (χ2n) is 3.04. The van der Waals surface area contributed by atoms with Crippen molar-refractivity contribution in [2.75, 3.05) is 11.1 Å². The van der Waals surface area contributed by atoms with Crippen LogP contribution in [0.3, 0.4) is 0 Å². The number of aromatic nitrogens is 2. The van der Waals surface area contributed by atoms with Crippen molar-refractivity contribution in [3.05, 3.63) is 22.8 Å². The molecule has 3 N–H and O–H groups in total. The Morgan fingerprint density at radius 1 is 1.53 bits per heavy atom. The van der Waals surface area contributed by atoms with E-state index in [4.69, 9.17) is 5.73 Å². The SMILES string of the molecule is CCC(Nc1ncc(N)s1)c1nccs1. The summed E-state index contributed by atoms with van der Waals surface area (Å²) < 4.78 is 0. The van der Waals surface area contributed by atoms with Crippen LogP contribution in [0.5, 0.6) is 0 Å². The summed E-state index contributed by atoms with van der Waals surface area (Å²) in [6, 6.07) is 0.232. The smallest absolute Gasteiger partial charge is 0.185 e. The molecule has 2 heterocycles. The van der Waals surface area contributed by atoms with Crippen LogP contribution in [-0.2, 0) is 0 Å². The first kappa shape index (κ1) is 10.4. The third-order valence-corrected chi connectivity index (χ3v) is 3.63. The number of hydrogen-bond donors (Lipinski definition) is 2. The Morgan fingerprint density at radius 2 is 2.40 bits per heavy atom. The Bertz CT molecular complexity index is 409. The lowest BCUT2D eigenvalue weighted by atomic mass is 10.2. The van der Waals surface area contributed by atoms with E-state index in [9.17, 15) is 0 Å². The van der Waals surface area contributed by atoms with E-state index < -0.39 is 0 Å². The Morgan fingerprint density at radius 3 is 2.93 bits per heavy atom. The van der Waals surface area contributed by atoms with Crippen molar-refractivity contribution in [2.45, 2.75) is 19.4 Å². The number of nitrogens with one attached hydrogen (secondary N) is 1. The van der Waals surface area contributed by atoms with Crippen molar-refractivity contribution in [2.24, 2.45) is 0 Å². The first-order valence-electron chi connectivity index (χ1n) is 4.67. The molecule has 0 fully saturated rings. The quantitative estimate of drug-likeness (QED) is 0.862. The zero-order valence-electron chi connectivity index (χ0n) is 8.30. The minimum absolute atomic E-state index is 0.232. The van der Waals surface area contributed by atoms with Gasteiger partial charge < -0.3 is 11.1 Å². The molecule has 1 atom stereocenters. The van der Waals surface area contributed by atoms with Crippen LogP contribution >= 0.6 is 22.7 Å². The summed E-state index contributed by atoms with van der Waals surface area (Å²) in [5, 5.41) is 7.98. The van der Waals surface area contributed by atoms with Gasteiger partial charge in [0.1, 0.15) is 10.0 Å². The fraction of sp³-hybridized carbons (Fsp3) is 0.333. The van der Waals surface area contributed by atoms with Crippen LogP contribution in [0.15, 0.2) is 17.8 Å². The van der Waals surface area contributed by atoms with Gasteiger partial charge in [-0.05, 0) is 6.42 Å². The van der Waals surface area contributed by atoms with Gasteiger partial charge in [-0.3, -0.25) is 0 Å². The van der Waals surface area contributed by atoms with Crippen molar-refractivity contribution in [1.29, 1.82) is 0 Å². The molecule has 0 aliphatic rings. The molecule has 0 amide bonds. The van der Waals surface area contributed by atoms with Crippen molar-refractivity contribution in [3.63, 3.8) is 0 Å². The van der Waals surface area contributed by atoms with Crippen LogP contribution in [-0.4, -0.2) is 9.97 Å². The molecule has 0 saturated carbocycles. The highest BCUT2D eigenvalue weighted by molar-refractivity contribution is 7.19. The van der Waals surface area contributed by atoms with Crippen LogP contribution in [0.2, 0.25) is 0 Å². The summed E-state index contributed by atoms with van der Waals surface area (Å²) in [5.74, 6) is 0. The maximum atomic E-state index is 5.62. The van der Waals surface area contributed by atoms with Crippen molar-refractivity contribution < 1.29 is 0 Å². The lowest BCUT2D eigenvalue weighted by Gasteiger charge is -2.12. The minimum Gasteiger partial charge on any atom is -0.389 e. The second-order valence-corrected chi connectivity index (χ2v) is 5.03. The maximum Gasteiger partial charge on any atom is 0.185 e. The standard InChI is InChI=1S/C9H12N4S2/c1-2-6(8-11-3-4-14-8)13-9-12-5-7(10)15-9/h3-6H,2,10H2,1H3,(H,12,13). The largest absolute Gasteiger partial charge is 0.389 e. The average Bonchev–Trinajstić information content (AvgIpc) is 2.85. The average molecular weight is 240 g/mol. The highest BCUT2D eigenvalue weighted by Crippen LogP contribution is 2.27. The lowest BCUT2D eigenvalue weighted by Crippen LogP contribution is -2.08. The van der Waals surface area contributed by atoms with E-state index >= 15 is 0 Å². The predicted molar refractivity (Wildman–Crippen MR) is 65.3 cm³/mol. The maximum absolute atomic E-state index is 5.62. The fourth-order valence-electron chi connectivity index (χ4n) is 1.25. The van der Waals surface area contributed by atoms with Gasteiger partial charge in [0.2, 0.25) is 0 Å². The van der Waals surface area contributed by atoms with E-state index in [-0.39, 0.29) is 6.04 Å². The van der Waals surface area contributed by atoms with Gasteiger partial charge in [-0.15, -0.1) is 11.3 Å². The molecule has 1 unspecified atom stereocenters. The lowest BCUT2D eigenvalue weighted by molar-refractivity contribution is 0.741. The number of thiazole rings is 2. The second kappa shape index (κ2) is 4.59. The zero-order valence-corrected chi connectivity index (χ0v) is 9.94. The summed E-state index contributed by atoms with van der Waals surface area (Å²) in [4.78, 5) is 8.46. The molecule has 0 aromatic carbocycles. The van der Waals surface area contributed by atoms with Crippen LogP contribution < -0.4 is 11.1 Å². The third kappa shape index (κ3) is 2.45. The van der Waals surface area contributed by atoms with Crippen LogP contribution in [0, 0.1) is 0 Å². The van der Waals surface area contributed by atoms with Gasteiger partial charge in [0.15, 0.2) is 5.13 Å². The molecule has 0 aliphatic carbocycles. The molecule has 0 radical (unpaired) electrons. The minimum atomic E-state index is 0.232. The first-order valence-corrected chi connectivity index (χ1v) is 6.36. The molecule has 6 heteroatoms. The molecule has 0 spiro atoms. The molecule has 4 nitrogen and oxygen atoms in total. The molecule has 2 aromatic heterocycles. The highest BCUT2D eigenvalue weighted by atomic mass is 32.1. The summed E-state index contributed by atoms with van der Waals surface area (Å²) in [6.45, 7) is 2.12. The van der Waals surface area contributed by atoms with E-state index in [0.29, 0.717) is 0 Å². The number of anilines is 2. The number of nitrogens with two attached hydrogens (primary N) is 1. The van der Waals surface area contributed by atoms with Crippen molar-refractivity contribution in [3.8, 4) is 0 Å². The predicted octanol–water partition coefficient (Wildman–Crippen LogP) is 2.75. The summed E-state index contributed by atoms with van der Waals surface area (Å²) in [7, 11) is 0. The highest BCUT2D eigenvalue weighted by Gasteiger charge is 2.12. The van der Waals surface area contributed by atoms with Gasteiger partial charge in [0.05, 0.1) is 12.2 Å². The van der Waals surface area contributed by atoms with Gasteiger partial charge >= 0.3 is 0 Å². The Kier molecular flexibility index (Phi) is 3.17. The first-order chi connectivity index (χ1) is 7.29. The van der Waals surface area contributed by atoms with E-state index in [2.05, 4.69) is 22.2 Å². The molecular formula is C9H12N4S2. The summed E-state index contributed by atoms with van der Waals surface area (Å²) in [6.07, 6.45) is 4.47. The Hall–Kier alpha value is -1.14. The molecule has 0 saturated heterocycles. The van der Waals surface area contributed by atoms with Gasteiger partial charge in [0, 0.05) is 11.6 Å². The van der Waals surface area contributed by atoms with E-state index in [1.807, 2.05) is 11.6 Å². The molecule has 2 rings (SSSR count). The normalized spacial score (nSPS) is 12.6. The third-order valence-electron chi connectivity index (χ3n) is 1.98. The van der Waals surface area contributed by atoms with Crippen LogP contribution in [0.4, 0.5) is 10.1 Å².